The quantitative estimate of drug-likeness (QED) is 0.664. The van der Waals surface area contributed by atoms with Crippen LogP contribution in [0.25, 0.3) is 0 Å². The molecule has 0 spiro atoms. The van der Waals surface area contributed by atoms with Crippen molar-refractivity contribution >= 4 is 11.4 Å². The van der Waals surface area contributed by atoms with Gasteiger partial charge in [0.25, 0.3) is 5.69 Å². The lowest BCUT2D eigenvalue weighted by molar-refractivity contribution is -0.384. The largest absolute Gasteiger partial charge is 0.496 e. The van der Waals surface area contributed by atoms with Gasteiger partial charge in [-0.3, -0.25) is 10.1 Å². The van der Waals surface area contributed by atoms with Gasteiger partial charge in [-0.25, -0.2) is 0 Å². The summed E-state index contributed by atoms with van der Waals surface area (Å²) in [6.45, 7) is 3.78. The molecule has 0 aromatic heterocycles. The highest BCUT2D eigenvalue weighted by Crippen LogP contribution is 2.31. The van der Waals surface area contributed by atoms with Crippen LogP contribution < -0.4 is 10.1 Å². The van der Waals surface area contributed by atoms with Crippen LogP contribution in [0.3, 0.4) is 0 Å². The first-order chi connectivity index (χ1) is 10.0. The molecule has 0 heterocycles. The van der Waals surface area contributed by atoms with E-state index >= 15 is 0 Å². The second-order valence-electron chi connectivity index (χ2n) is 4.89. The number of aryl methyl sites for hydroxylation is 1. The first kappa shape index (κ1) is 14.8. The fourth-order valence-electron chi connectivity index (χ4n) is 2.25. The summed E-state index contributed by atoms with van der Waals surface area (Å²) in [5.41, 5.74) is 2.40. The molecule has 0 aliphatic rings. The Morgan fingerprint density at radius 2 is 1.95 bits per heavy atom. The van der Waals surface area contributed by atoms with E-state index in [4.69, 9.17) is 4.74 Å². The molecule has 5 heteroatoms. The van der Waals surface area contributed by atoms with Gasteiger partial charge >= 0.3 is 0 Å². The highest BCUT2D eigenvalue weighted by atomic mass is 16.6. The Morgan fingerprint density at radius 1 is 1.24 bits per heavy atom. The van der Waals surface area contributed by atoms with Crippen molar-refractivity contribution in [2.45, 2.75) is 19.9 Å². The van der Waals surface area contributed by atoms with E-state index in [0.29, 0.717) is 5.69 Å². The van der Waals surface area contributed by atoms with E-state index in [1.165, 1.54) is 0 Å². The molecule has 0 saturated heterocycles. The number of benzene rings is 2. The zero-order valence-corrected chi connectivity index (χ0v) is 12.3. The maximum atomic E-state index is 11.2. The lowest BCUT2D eigenvalue weighted by Gasteiger charge is -2.18. The monoisotopic (exact) mass is 286 g/mol. The number of ether oxygens (including phenoxy) is 1. The second kappa shape index (κ2) is 6.26. The van der Waals surface area contributed by atoms with Gasteiger partial charge in [-0.15, -0.1) is 0 Å². The minimum atomic E-state index is -0.371. The third-order valence-electron chi connectivity index (χ3n) is 3.33. The first-order valence-electron chi connectivity index (χ1n) is 6.67. The van der Waals surface area contributed by atoms with Crippen molar-refractivity contribution in [1.29, 1.82) is 0 Å². The number of nitrogens with zero attached hydrogens (tertiary/aromatic N) is 1. The van der Waals surface area contributed by atoms with Crippen molar-refractivity contribution < 1.29 is 9.66 Å². The standard InChI is InChI=1S/C16H18N2O3/c1-11-8-9-14(15(10-11)18(19)20)17-12(2)13-6-4-5-7-16(13)21-3/h4-10,12,17H,1-3H3. The maximum Gasteiger partial charge on any atom is 0.292 e. The Morgan fingerprint density at radius 3 is 2.62 bits per heavy atom. The van der Waals surface area contributed by atoms with Gasteiger partial charge in [-0.2, -0.15) is 0 Å². The molecule has 110 valence electrons. The summed E-state index contributed by atoms with van der Waals surface area (Å²) in [5, 5.41) is 14.3. The molecule has 2 rings (SSSR count). The third-order valence-corrected chi connectivity index (χ3v) is 3.33. The van der Waals surface area contributed by atoms with Crippen LogP contribution in [0, 0.1) is 17.0 Å². The zero-order chi connectivity index (χ0) is 15.4. The Balaban J connectivity index is 2.31. The van der Waals surface area contributed by atoms with E-state index in [1.807, 2.05) is 44.2 Å². The van der Waals surface area contributed by atoms with Crippen LogP contribution in [0.2, 0.25) is 0 Å². The average molecular weight is 286 g/mol. The predicted molar refractivity (Wildman–Crippen MR) is 82.9 cm³/mol. The molecule has 0 fully saturated rings. The number of nitro benzene ring substituents is 1. The Labute approximate surface area is 123 Å². The minimum Gasteiger partial charge on any atom is -0.496 e. The van der Waals surface area contributed by atoms with Crippen molar-refractivity contribution in [1.82, 2.24) is 0 Å². The predicted octanol–water partition coefficient (Wildman–Crippen LogP) is 4.08. The molecule has 0 radical (unpaired) electrons. The van der Waals surface area contributed by atoms with Crippen molar-refractivity contribution in [2.24, 2.45) is 0 Å². The fourth-order valence-corrected chi connectivity index (χ4v) is 2.25. The summed E-state index contributed by atoms with van der Waals surface area (Å²) < 4.78 is 5.33. The number of methoxy groups -OCH3 is 1. The smallest absolute Gasteiger partial charge is 0.292 e. The van der Waals surface area contributed by atoms with Crippen LogP contribution in [0.5, 0.6) is 5.75 Å². The molecule has 1 N–H and O–H groups in total. The summed E-state index contributed by atoms with van der Waals surface area (Å²) in [5.74, 6) is 0.757. The van der Waals surface area contributed by atoms with Crippen molar-refractivity contribution in [3.8, 4) is 5.75 Å². The van der Waals surface area contributed by atoms with Crippen LogP contribution in [0.15, 0.2) is 42.5 Å². The topological polar surface area (TPSA) is 64.4 Å². The molecule has 0 aliphatic heterocycles. The Bertz CT molecular complexity index is 656. The number of nitrogens with one attached hydrogen (secondary N) is 1. The average Bonchev–Trinajstić information content (AvgIpc) is 2.48. The molecule has 1 unspecified atom stereocenters. The van der Waals surface area contributed by atoms with Gasteiger partial charge in [0.05, 0.1) is 18.1 Å². The van der Waals surface area contributed by atoms with Crippen LogP contribution in [-0.4, -0.2) is 12.0 Å². The van der Waals surface area contributed by atoms with Gasteiger partial charge in [0, 0.05) is 11.6 Å². The molecule has 5 nitrogen and oxygen atoms in total. The van der Waals surface area contributed by atoms with Crippen molar-refractivity contribution in [2.75, 3.05) is 12.4 Å². The highest BCUT2D eigenvalue weighted by Gasteiger charge is 2.17. The van der Waals surface area contributed by atoms with Crippen molar-refractivity contribution in [3.05, 3.63) is 63.7 Å². The molecule has 2 aromatic carbocycles. The zero-order valence-electron chi connectivity index (χ0n) is 12.3. The Kier molecular flexibility index (Phi) is 4.42. The lowest BCUT2D eigenvalue weighted by Crippen LogP contribution is -2.09. The third kappa shape index (κ3) is 3.31. The van der Waals surface area contributed by atoms with E-state index in [1.54, 1.807) is 19.2 Å². The Hall–Kier alpha value is -2.56. The summed E-state index contributed by atoms with van der Waals surface area (Å²) >= 11 is 0. The van der Waals surface area contributed by atoms with E-state index < -0.39 is 0 Å². The molecular formula is C16H18N2O3. The fraction of sp³-hybridized carbons (Fsp3) is 0.250. The normalized spacial score (nSPS) is 11.8. The van der Waals surface area contributed by atoms with Gasteiger partial charge < -0.3 is 10.1 Å². The number of nitro groups is 1. The van der Waals surface area contributed by atoms with Crippen LogP contribution >= 0.6 is 0 Å². The number of anilines is 1. The molecule has 0 bridgehead atoms. The number of para-hydroxylation sites is 1. The molecule has 21 heavy (non-hydrogen) atoms. The van der Waals surface area contributed by atoms with Crippen molar-refractivity contribution in [3.63, 3.8) is 0 Å². The SMILES string of the molecule is COc1ccccc1C(C)Nc1ccc(C)cc1[N+](=O)[O-]. The first-order valence-corrected chi connectivity index (χ1v) is 6.67. The van der Waals surface area contributed by atoms with Gasteiger partial charge in [0.2, 0.25) is 0 Å². The molecular weight excluding hydrogens is 268 g/mol. The van der Waals surface area contributed by atoms with Gasteiger partial charge in [0.15, 0.2) is 0 Å². The summed E-state index contributed by atoms with van der Waals surface area (Å²) in [7, 11) is 1.61. The minimum absolute atomic E-state index is 0.0803. The summed E-state index contributed by atoms with van der Waals surface area (Å²) in [4.78, 5) is 10.8. The van der Waals surface area contributed by atoms with Gasteiger partial charge in [0.1, 0.15) is 11.4 Å². The number of hydrogen-bond donors (Lipinski definition) is 1. The molecule has 0 aliphatic carbocycles. The van der Waals surface area contributed by atoms with Crippen LogP contribution in [-0.2, 0) is 0 Å². The van der Waals surface area contributed by atoms with Gasteiger partial charge in [-0.1, -0.05) is 24.3 Å². The summed E-state index contributed by atoms with van der Waals surface area (Å²) in [6.07, 6.45) is 0. The summed E-state index contributed by atoms with van der Waals surface area (Å²) in [6, 6.07) is 12.7. The van der Waals surface area contributed by atoms with Gasteiger partial charge in [-0.05, 0) is 31.5 Å². The van der Waals surface area contributed by atoms with E-state index in [-0.39, 0.29) is 16.7 Å². The van der Waals surface area contributed by atoms with E-state index in [2.05, 4.69) is 5.32 Å². The highest BCUT2D eigenvalue weighted by molar-refractivity contribution is 5.63. The second-order valence-corrected chi connectivity index (χ2v) is 4.89. The van der Waals surface area contributed by atoms with Crippen LogP contribution in [0.1, 0.15) is 24.1 Å². The molecule has 0 saturated carbocycles. The number of hydrogen-bond acceptors (Lipinski definition) is 4. The van der Waals surface area contributed by atoms with E-state index in [9.17, 15) is 10.1 Å². The van der Waals surface area contributed by atoms with E-state index in [0.717, 1.165) is 16.9 Å². The molecule has 0 amide bonds. The number of rotatable bonds is 5. The van der Waals surface area contributed by atoms with Crippen LogP contribution in [0.4, 0.5) is 11.4 Å². The molecule has 2 aromatic rings. The maximum absolute atomic E-state index is 11.2. The molecule has 1 atom stereocenters. The lowest BCUT2D eigenvalue weighted by atomic mass is 10.1.